The van der Waals surface area contributed by atoms with E-state index in [1.54, 1.807) is 18.2 Å². The summed E-state index contributed by atoms with van der Waals surface area (Å²) in [6, 6.07) is 10.5. The van der Waals surface area contributed by atoms with E-state index in [4.69, 9.17) is 11.6 Å². The molecule has 0 spiro atoms. The molecule has 1 aliphatic rings. The summed E-state index contributed by atoms with van der Waals surface area (Å²) in [4.78, 5) is 23.7. The number of halogens is 1. The molecule has 0 aromatic heterocycles. The minimum Gasteiger partial charge on any atom is -0.324 e. The average Bonchev–Trinajstić information content (AvgIpc) is 2.67. The third-order valence-corrected chi connectivity index (χ3v) is 5.41. The molecular formula is C16H14ClN3O4S. The fourth-order valence-electron chi connectivity index (χ4n) is 2.25. The predicted octanol–water partition coefficient (Wildman–Crippen LogP) is 2.67. The third kappa shape index (κ3) is 3.45. The zero-order chi connectivity index (χ0) is 18.2. The number of benzene rings is 2. The van der Waals surface area contributed by atoms with Crippen molar-refractivity contribution in [3.63, 3.8) is 0 Å². The number of sulfonamides is 1. The Morgan fingerprint density at radius 1 is 1.00 bits per heavy atom. The van der Waals surface area contributed by atoms with Crippen LogP contribution in [0, 0.1) is 5.92 Å². The molecule has 1 heterocycles. The Bertz CT molecular complexity index is 975. The molecule has 1 unspecified atom stereocenters. The Labute approximate surface area is 149 Å². The van der Waals surface area contributed by atoms with Crippen molar-refractivity contribution >= 4 is 50.5 Å². The van der Waals surface area contributed by atoms with Crippen molar-refractivity contribution in [1.29, 1.82) is 0 Å². The largest absolute Gasteiger partial charge is 0.324 e. The van der Waals surface area contributed by atoms with Gasteiger partial charge in [-0.25, -0.2) is 8.42 Å². The zero-order valence-electron chi connectivity index (χ0n) is 13.0. The molecule has 0 radical (unpaired) electrons. The van der Waals surface area contributed by atoms with E-state index in [0.29, 0.717) is 5.69 Å². The minimum absolute atomic E-state index is 0.0738. The van der Waals surface area contributed by atoms with E-state index in [2.05, 4.69) is 15.4 Å². The number of rotatable bonds is 3. The summed E-state index contributed by atoms with van der Waals surface area (Å²) in [5.41, 5.74) is 0.786. The van der Waals surface area contributed by atoms with Crippen LogP contribution in [0.15, 0.2) is 47.4 Å². The first-order valence-electron chi connectivity index (χ1n) is 7.31. The van der Waals surface area contributed by atoms with Gasteiger partial charge in [0.2, 0.25) is 11.8 Å². The van der Waals surface area contributed by atoms with Crippen LogP contribution in [0.5, 0.6) is 0 Å². The van der Waals surface area contributed by atoms with Gasteiger partial charge < -0.3 is 10.6 Å². The standard InChI is InChI=1S/C16H14ClN3O4S/c1-9-15(21)18-13-7-6-10(8-14(13)19-16(9)22)25(23,24)20-12-5-3-2-4-11(12)17/h2-9,20H,1H3,(H,18,21)(H,19,22). The molecule has 2 aromatic carbocycles. The summed E-state index contributed by atoms with van der Waals surface area (Å²) in [6.07, 6.45) is 0. The molecule has 1 atom stereocenters. The summed E-state index contributed by atoms with van der Waals surface area (Å²) < 4.78 is 27.5. The highest BCUT2D eigenvalue weighted by Crippen LogP contribution is 2.30. The molecule has 1 aliphatic heterocycles. The van der Waals surface area contributed by atoms with Crippen molar-refractivity contribution in [1.82, 2.24) is 0 Å². The lowest BCUT2D eigenvalue weighted by molar-refractivity contribution is -0.128. The third-order valence-electron chi connectivity index (χ3n) is 3.72. The second kappa shape index (κ2) is 6.38. The fraction of sp³-hybridized carbons (Fsp3) is 0.125. The molecular weight excluding hydrogens is 366 g/mol. The molecule has 0 fully saturated rings. The highest BCUT2D eigenvalue weighted by molar-refractivity contribution is 7.92. The smallest absolute Gasteiger partial charge is 0.262 e. The summed E-state index contributed by atoms with van der Waals surface area (Å²) >= 11 is 5.97. The van der Waals surface area contributed by atoms with Crippen molar-refractivity contribution in [3.05, 3.63) is 47.5 Å². The molecule has 9 heteroatoms. The summed E-state index contributed by atoms with van der Waals surface area (Å²) in [5.74, 6) is -1.85. The number of hydrogen-bond acceptors (Lipinski definition) is 4. The number of carbonyl (C=O) groups is 2. The van der Waals surface area contributed by atoms with E-state index >= 15 is 0 Å². The van der Waals surface area contributed by atoms with Crippen LogP contribution in [-0.4, -0.2) is 20.2 Å². The fourth-order valence-corrected chi connectivity index (χ4v) is 3.60. The molecule has 0 saturated carbocycles. The molecule has 2 amide bonds. The van der Waals surface area contributed by atoms with Crippen LogP contribution in [0.3, 0.4) is 0 Å². The number of carbonyl (C=O) groups excluding carboxylic acids is 2. The van der Waals surface area contributed by atoms with Crippen LogP contribution >= 0.6 is 11.6 Å². The lowest BCUT2D eigenvalue weighted by atomic mass is 10.1. The van der Waals surface area contributed by atoms with E-state index in [0.717, 1.165) is 0 Å². The number of amides is 2. The molecule has 2 aromatic rings. The highest BCUT2D eigenvalue weighted by atomic mass is 35.5. The van der Waals surface area contributed by atoms with Gasteiger partial charge in [-0.15, -0.1) is 0 Å². The van der Waals surface area contributed by atoms with Gasteiger partial charge >= 0.3 is 0 Å². The van der Waals surface area contributed by atoms with Gasteiger partial charge in [-0.05, 0) is 37.3 Å². The maximum Gasteiger partial charge on any atom is 0.262 e. The average molecular weight is 380 g/mol. The van der Waals surface area contributed by atoms with Gasteiger partial charge in [0.05, 0.1) is 27.0 Å². The molecule has 0 bridgehead atoms. The first-order valence-corrected chi connectivity index (χ1v) is 9.17. The zero-order valence-corrected chi connectivity index (χ0v) is 14.6. The Kier molecular flexibility index (Phi) is 4.40. The molecule has 25 heavy (non-hydrogen) atoms. The Balaban J connectivity index is 1.97. The van der Waals surface area contributed by atoms with Crippen LogP contribution in [-0.2, 0) is 19.6 Å². The normalized spacial score (nSPS) is 17.1. The number of anilines is 3. The molecule has 7 nitrogen and oxygen atoms in total. The number of para-hydroxylation sites is 1. The Morgan fingerprint density at radius 3 is 2.32 bits per heavy atom. The van der Waals surface area contributed by atoms with E-state index in [1.165, 1.54) is 31.2 Å². The van der Waals surface area contributed by atoms with Gasteiger partial charge in [0.15, 0.2) is 0 Å². The van der Waals surface area contributed by atoms with Crippen LogP contribution in [0.4, 0.5) is 17.1 Å². The van der Waals surface area contributed by atoms with Gasteiger partial charge in [0.25, 0.3) is 10.0 Å². The SMILES string of the molecule is CC1C(=O)Nc2ccc(S(=O)(=O)Nc3ccccc3Cl)cc2NC1=O. The van der Waals surface area contributed by atoms with Gasteiger partial charge in [0, 0.05) is 0 Å². The first-order chi connectivity index (χ1) is 11.8. The Hall–Kier alpha value is -2.58. The molecule has 3 N–H and O–H groups in total. The summed E-state index contributed by atoms with van der Waals surface area (Å²) in [7, 11) is -3.92. The van der Waals surface area contributed by atoms with Crippen molar-refractivity contribution in [2.75, 3.05) is 15.4 Å². The van der Waals surface area contributed by atoms with Crippen molar-refractivity contribution < 1.29 is 18.0 Å². The molecule has 3 rings (SSSR count). The number of hydrogen-bond donors (Lipinski definition) is 3. The lowest BCUT2D eigenvalue weighted by Crippen LogP contribution is -2.28. The van der Waals surface area contributed by atoms with Crippen LogP contribution in [0.1, 0.15) is 6.92 Å². The maximum atomic E-state index is 12.6. The predicted molar refractivity (Wildman–Crippen MR) is 95.1 cm³/mol. The number of nitrogens with one attached hydrogen (secondary N) is 3. The first kappa shape index (κ1) is 17.2. The quantitative estimate of drug-likeness (QED) is 0.713. The molecule has 130 valence electrons. The van der Waals surface area contributed by atoms with Gasteiger partial charge in [-0.3, -0.25) is 14.3 Å². The summed E-state index contributed by atoms with van der Waals surface area (Å²) in [6.45, 7) is 1.47. The van der Waals surface area contributed by atoms with Crippen LogP contribution in [0.25, 0.3) is 0 Å². The highest BCUT2D eigenvalue weighted by Gasteiger charge is 2.28. The maximum absolute atomic E-state index is 12.6. The minimum atomic E-state index is -3.92. The van der Waals surface area contributed by atoms with Crippen molar-refractivity contribution in [3.8, 4) is 0 Å². The van der Waals surface area contributed by atoms with Crippen molar-refractivity contribution in [2.24, 2.45) is 5.92 Å². The second-order valence-corrected chi connectivity index (χ2v) is 7.58. The van der Waals surface area contributed by atoms with E-state index in [9.17, 15) is 18.0 Å². The lowest BCUT2D eigenvalue weighted by Gasteiger charge is -2.12. The second-order valence-electron chi connectivity index (χ2n) is 5.49. The number of fused-ring (bicyclic) bond motifs is 1. The molecule has 0 saturated heterocycles. The van der Waals surface area contributed by atoms with Crippen molar-refractivity contribution in [2.45, 2.75) is 11.8 Å². The van der Waals surface area contributed by atoms with Crippen LogP contribution < -0.4 is 15.4 Å². The molecule has 0 aliphatic carbocycles. The topological polar surface area (TPSA) is 104 Å². The van der Waals surface area contributed by atoms with Gasteiger partial charge in [0.1, 0.15) is 5.92 Å². The monoisotopic (exact) mass is 379 g/mol. The van der Waals surface area contributed by atoms with E-state index in [-0.39, 0.29) is 21.3 Å². The van der Waals surface area contributed by atoms with Gasteiger partial charge in [-0.1, -0.05) is 23.7 Å². The van der Waals surface area contributed by atoms with Gasteiger partial charge in [-0.2, -0.15) is 0 Å². The van der Waals surface area contributed by atoms with Crippen LogP contribution in [0.2, 0.25) is 5.02 Å². The van der Waals surface area contributed by atoms with E-state index in [1.807, 2.05) is 0 Å². The summed E-state index contributed by atoms with van der Waals surface area (Å²) in [5, 5.41) is 5.39. The Morgan fingerprint density at radius 2 is 1.64 bits per heavy atom. The van der Waals surface area contributed by atoms with E-state index < -0.39 is 27.8 Å².